The van der Waals surface area contributed by atoms with Crippen molar-refractivity contribution in [1.82, 2.24) is 0 Å². The normalized spacial score (nSPS) is 11.0. The minimum Gasteiger partial charge on any atom is -0.504 e. The predicted molar refractivity (Wildman–Crippen MR) is 93.3 cm³/mol. The zero-order valence-corrected chi connectivity index (χ0v) is 13.5. The van der Waals surface area contributed by atoms with E-state index in [1.54, 1.807) is 18.2 Å². The van der Waals surface area contributed by atoms with Crippen LogP contribution in [0, 0.1) is 0 Å². The Morgan fingerprint density at radius 3 is 2.58 bits per heavy atom. The molecule has 0 aliphatic carbocycles. The molecule has 0 aliphatic heterocycles. The van der Waals surface area contributed by atoms with E-state index in [4.69, 9.17) is 18.3 Å². The fourth-order valence-corrected chi connectivity index (χ4v) is 2.59. The molecule has 7 nitrogen and oxygen atoms in total. The first-order valence-electron chi connectivity index (χ1n) is 7.59. The lowest BCUT2D eigenvalue weighted by Crippen LogP contribution is -2.05. The van der Waals surface area contributed by atoms with Gasteiger partial charge in [0.15, 0.2) is 11.5 Å². The maximum atomic E-state index is 12.6. The van der Waals surface area contributed by atoms with Gasteiger partial charge in [0.2, 0.25) is 11.2 Å². The molecule has 0 radical (unpaired) electrons. The van der Waals surface area contributed by atoms with E-state index >= 15 is 0 Å². The second-order valence-electron chi connectivity index (χ2n) is 5.51. The van der Waals surface area contributed by atoms with E-state index in [9.17, 15) is 14.7 Å². The van der Waals surface area contributed by atoms with Crippen LogP contribution in [0.15, 0.2) is 67.2 Å². The van der Waals surface area contributed by atoms with Crippen LogP contribution in [0.1, 0.15) is 0 Å². The Bertz CT molecular complexity index is 1250. The lowest BCUT2D eigenvalue weighted by Gasteiger charge is -2.08. The third-order valence-electron chi connectivity index (χ3n) is 3.86. The molecule has 0 unspecified atom stereocenters. The van der Waals surface area contributed by atoms with Gasteiger partial charge in [-0.3, -0.25) is 4.79 Å². The number of hydrogen-bond acceptors (Lipinski definition) is 7. The molecule has 7 heteroatoms. The van der Waals surface area contributed by atoms with Crippen molar-refractivity contribution >= 4 is 21.9 Å². The van der Waals surface area contributed by atoms with Crippen molar-refractivity contribution in [2.24, 2.45) is 0 Å². The molecule has 26 heavy (non-hydrogen) atoms. The summed E-state index contributed by atoms with van der Waals surface area (Å²) in [5.41, 5.74) is -0.372. The summed E-state index contributed by atoms with van der Waals surface area (Å²) in [4.78, 5) is 24.0. The minimum atomic E-state index is -0.480. The number of aromatic hydroxyl groups is 1. The number of phenols is 1. The molecule has 130 valence electrons. The van der Waals surface area contributed by atoms with Gasteiger partial charge in [-0.2, -0.15) is 0 Å². The lowest BCUT2D eigenvalue weighted by atomic mass is 10.2. The molecule has 0 spiro atoms. The average molecular weight is 352 g/mol. The molecule has 0 atom stereocenters. The zero-order chi connectivity index (χ0) is 18.3. The number of benzene rings is 2. The smallest absolute Gasteiger partial charge is 0.336 e. The summed E-state index contributed by atoms with van der Waals surface area (Å²) in [7, 11) is 1.38. The zero-order valence-electron chi connectivity index (χ0n) is 13.5. The highest BCUT2D eigenvalue weighted by molar-refractivity contribution is 5.82. The van der Waals surface area contributed by atoms with Crippen LogP contribution in [-0.4, -0.2) is 12.2 Å². The quantitative estimate of drug-likeness (QED) is 0.564. The van der Waals surface area contributed by atoms with Gasteiger partial charge in [0.25, 0.3) is 0 Å². The first-order valence-corrected chi connectivity index (χ1v) is 7.59. The maximum Gasteiger partial charge on any atom is 0.336 e. The number of methoxy groups -OCH3 is 1. The van der Waals surface area contributed by atoms with E-state index in [2.05, 4.69) is 0 Å². The Hall–Kier alpha value is -3.74. The Kier molecular flexibility index (Phi) is 3.62. The number of hydrogen-bond donors (Lipinski definition) is 1. The van der Waals surface area contributed by atoms with Gasteiger partial charge in [-0.15, -0.1) is 0 Å². The van der Waals surface area contributed by atoms with Crippen LogP contribution in [0.25, 0.3) is 21.9 Å². The van der Waals surface area contributed by atoms with E-state index in [0.717, 1.165) is 11.6 Å². The lowest BCUT2D eigenvalue weighted by molar-refractivity contribution is 0.373. The van der Waals surface area contributed by atoms with Crippen LogP contribution in [0.3, 0.4) is 0 Å². The third-order valence-corrected chi connectivity index (χ3v) is 3.86. The molecule has 0 fully saturated rings. The predicted octanol–water partition coefficient (Wildman–Crippen LogP) is 3.41. The van der Waals surface area contributed by atoms with E-state index in [0.29, 0.717) is 11.3 Å². The Morgan fingerprint density at radius 1 is 0.962 bits per heavy atom. The summed E-state index contributed by atoms with van der Waals surface area (Å²) in [6.07, 6.45) is 1.15. The van der Waals surface area contributed by atoms with Crippen LogP contribution < -0.4 is 20.5 Å². The largest absolute Gasteiger partial charge is 0.504 e. The van der Waals surface area contributed by atoms with Crippen molar-refractivity contribution in [2.45, 2.75) is 0 Å². The summed E-state index contributed by atoms with van der Waals surface area (Å²) in [6.45, 7) is 0. The van der Waals surface area contributed by atoms with Gasteiger partial charge < -0.3 is 23.4 Å². The Labute approximate surface area is 145 Å². The molecule has 0 saturated heterocycles. The van der Waals surface area contributed by atoms with E-state index in [1.165, 1.54) is 31.4 Å². The van der Waals surface area contributed by atoms with Crippen LogP contribution in [0.4, 0.5) is 0 Å². The van der Waals surface area contributed by atoms with Crippen molar-refractivity contribution in [2.75, 3.05) is 7.11 Å². The summed E-state index contributed by atoms with van der Waals surface area (Å²) in [5.74, 6) is 0.267. The highest BCUT2D eigenvalue weighted by Gasteiger charge is 2.13. The van der Waals surface area contributed by atoms with Crippen molar-refractivity contribution < 1.29 is 23.4 Å². The molecule has 0 amide bonds. The SMILES string of the molecule is COc1cc2c(=O)c(Oc3ccc4ccc(=O)oc4c3)coc2cc1O. The fourth-order valence-electron chi connectivity index (χ4n) is 2.59. The summed E-state index contributed by atoms with van der Waals surface area (Å²) in [6, 6.07) is 10.5. The second-order valence-corrected chi connectivity index (χ2v) is 5.51. The molecule has 0 aliphatic rings. The molecule has 2 heterocycles. The summed E-state index contributed by atoms with van der Waals surface area (Å²) < 4.78 is 21.1. The van der Waals surface area contributed by atoms with Crippen LogP contribution in [0.2, 0.25) is 0 Å². The molecule has 4 rings (SSSR count). The first-order chi connectivity index (χ1) is 12.5. The molecule has 0 saturated carbocycles. The molecular formula is C19H12O7. The highest BCUT2D eigenvalue weighted by Crippen LogP contribution is 2.31. The van der Waals surface area contributed by atoms with Gasteiger partial charge in [0, 0.05) is 23.6 Å². The van der Waals surface area contributed by atoms with Crippen molar-refractivity contribution in [3.05, 3.63) is 69.4 Å². The topological polar surface area (TPSA) is 99.1 Å². The van der Waals surface area contributed by atoms with Gasteiger partial charge in [-0.05, 0) is 24.3 Å². The van der Waals surface area contributed by atoms with Gasteiger partial charge in [0.05, 0.1) is 12.5 Å². The summed E-state index contributed by atoms with van der Waals surface area (Å²) in [5, 5.41) is 10.7. The van der Waals surface area contributed by atoms with Crippen LogP contribution in [-0.2, 0) is 0 Å². The number of rotatable bonds is 3. The monoisotopic (exact) mass is 352 g/mol. The number of fused-ring (bicyclic) bond motifs is 2. The standard InChI is InChI=1S/C19H12O7/c1-23-16-7-12-15(8-13(16)20)24-9-17(19(12)22)25-11-4-2-10-3-5-18(21)26-14(10)6-11/h2-9,20H,1H3. The summed E-state index contributed by atoms with van der Waals surface area (Å²) >= 11 is 0. The first kappa shape index (κ1) is 15.8. The van der Waals surface area contributed by atoms with Gasteiger partial charge in [-0.1, -0.05) is 0 Å². The Balaban J connectivity index is 1.79. The molecular weight excluding hydrogens is 340 g/mol. The van der Waals surface area contributed by atoms with Crippen LogP contribution in [0.5, 0.6) is 23.0 Å². The second kappa shape index (κ2) is 5.96. The van der Waals surface area contributed by atoms with Crippen molar-refractivity contribution in [1.29, 1.82) is 0 Å². The average Bonchev–Trinajstić information content (AvgIpc) is 2.63. The highest BCUT2D eigenvalue weighted by atomic mass is 16.5. The van der Waals surface area contributed by atoms with Gasteiger partial charge in [0.1, 0.15) is 23.2 Å². The molecule has 2 aromatic carbocycles. The van der Waals surface area contributed by atoms with Crippen molar-refractivity contribution in [3.63, 3.8) is 0 Å². The van der Waals surface area contributed by atoms with Gasteiger partial charge in [-0.25, -0.2) is 4.79 Å². The fraction of sp³-hybridized carbons (Fsp3) is 0.0526. The van der Waals surface area contributed by atoms with E-state index in [1.807, 2.05) is 0 Å². The van der Waals surface area contributed by atoms with Crippen LogP contribution >= 0.6 is 0 Å². The van der Waals surface area contributed by atoms with Crippen molar-refractivity contribution in [3.8, 4) is 23.0 Å². The minimum absolute atomic E-state index is 0.0529. The number of ether oxygens (including phenoxy) is 2. The third kappa shape index (κ3) is 2.65. The molecule has 4 aromatic rings. The maximum absolute atomic E-state index is 12.6. The van der Waals surface area contributed by atoms with Gasteiger partial charge >= 0.3 is 5.63 Å². The number of phenolic OH excluding ortho intramolecular Hbond substituents is 1. The molecule has 1 N–H and O–H groups in total. The van der Waals surface area contributed by atoms with E-state index < -0.39 is 11.1 Å². The van der Waals surface area contributed by atoms with E-state index in [-0.39, 0.29) is 28.2 Å². The molecule has 0 bridgehead atoms. The molecule has 2 aromatic heterocycles. The Morgan fingerprint density at radius 2 is 1.77 bits per heavy atom.